The van der Waals surface area contributed by atoms with Gasteiger partial charge in [0.2, 0.25) is 0 Å². The van der Waals surface area contributed by atoms with Gasteiger partial charge in [0.25, 0.3) is 0 Å². The maximum Gasteiger partial charge on any atom is 0.192 e. The molecule has 0 aromatic heterocycles. The molecule has 4 heteroatoms. The van der Waals surface area contributed by atoms with Gasteiger partial charge in [-0.3, -0.25) is 0 Å². The average molecular weight is 205 g/mol. The van der Waals surface area contributed by atoms with Crippen molar-refractivity contribution in [2.45, 2.75) is 38.9 Å². The third-order valence-electron chi connectivity index (χ3n) is 2.36. The first-order chi connectivity index (χ1) is 5.17. The van der Waals surface area contributed by atoms with E-state index in [0.717, 1.165) is 0 Å². The summed E-state index contributed by atoms with van der Waals surface area (Å²) < 4.78 is 5.54. The van der Waals surface area contributed by atoms with Crippen LogP contribution in [0.3, 0.4) is 0 Å². The van der Waals surface area contributed by atoms with Gasteiger partial charge in [0.1, 0.15) is 0 Å². The van der Waals surface area contributed by atoms with E-state index in [0.29, 0.717) is 0 Å². The van der Waals surface area contributed by atoms with Gasteiger partial charge in [-0.25, -0.2) is 0 Å². The van der Waals surface area contributed by atoms with Crippen LogP contribution in [0.15, 0.2) is 0 Å². The van der Waals surface area contributed by atoms with Crippen molar-refractivity contribution < 1.29 is 9.22 Å². The quantitative estimate of drug-likeness (QED) is 0.521. The van der Waals surface area contributed by atoms with Gasteiger partial charge >= 0.3 is 0 Å². The highest BCUT2D eigenvalue weighted by Crippen LogP contribution is 2.36. The maximum atomic E-state index is 10.5. The van der Waals surface area contributed by atoms with E-state index in [1.165, 1.54) is 0 Å². The van der Waals surface area contributed by atoms with Gasteiger partial charge < -0.3 is 21.8 Å². The number of hydrogen-bond donors (Lipinski definition) is 0. The molecule has 72 valence electrons. The molecular formula is C8H17O2SSi-. The second kappa shape index (κ2) is 3.85. The lowest BCUT2D eigenvalue weighted by Crippen LogP contribution is -2.41. The van der Waals surface area contributed by atoms with Gasteiger partial charge in [-0.05, 0) is 18.1 Å². The molecule has 0 amide bonds. The first-order valence-corrected chi connectivity index (χ1v) is 7.32. The Labute approximate surface area is 81.2 Å². The minimum absolute atomic E-state index is 0.0891. The summed E-state index contributed by atoms with van der Waals surface area (Å²) in [5, 5.41) is -0.155. The van der Waals surface area contributed by atoms with Crippen LogP contribution in [0.2, 0.25) is 18.1 Å². The summed E-state index contributed by atoms with van der Waals surface area (Å²) in [4.78, 5) is 10.5. The fourth-order valence-electron chi connectivity index (χ4n) is 0.456. The van der Waals surface area contributed by atoms with Crippen molar-refractivity contribution in [1.82, 2.24) is 0 Å². The molecule has 2 nitrogen and oxygen atoms in total. The van der Waals surface area contributed by atoms with Gasteiger partial charge in [-0.15, -0.1) is 0 Å². The molecule has 0 saturated heterocycles. The molecule has 0 fully saturated rings. The molecular weight excluding hydrogens is 188 g/mol. The molecule has 0 aliphatic heterocycles. The predicted octanol–water partition coefficient (Wildman–Crippen LogP) is 2.08. The second-order valence-corrected chi connectivity index (χ2v) is 9.69. The number of hydrogen-bond acceptors (Lipinski definition) is 3. The van der Waals surface area contributed by atoms with Crippen molar-refractivity contribution in [3.05, 3.63) is 0 Å². The molecule has 0 heterocycles. The first kappa shape index (κ1) is 12.1. The topological polar surface area (TPSA) is 26.3 Å². The zero-order valence-corrected chi connectivity index (χ0v) is 10.2. The Morgan fingerprint density at radius 2 is 1.83 bits per heavy atom. The molecule has 0 aromatic carbocycles. The molecule has 0 unspecified atom stereocenters. The standard InChI is InChI=1S/C8H18O2SSi/c1-8(2,3)12(4,5)10-6-7(9)11/h6H2,1-5H3,(H,9,11)/p-1. The van der Waals surface area contributed by atoms with Crippen molar-refractivity contribution in [3.63, 3.8) is 0 Å². The van der Waals surface area contributed by atoms with Crippen molar-refractivity contribution in [2.24, 2.45) is 0 Å². The van der Waals surface area contributed by atoms with E-state index in [9.17, 15) is 4.79 Å². The highest BCUT2D eigenvalue weighted by Gasteiger charge is 2.36. The van der Waals surface area contributed by atoms with Crippen molar-refractivity contribution >= 4 is 26.1 Å². The molecule has 0 radical (unpaired) electrons. The first-order valence-electron chi connectivity index (χ1n) is 4.00. The molecule has 0 spiro atoms. The Bertz CT molecular complexity index is 172. The normalized spacial score (nSPS) is 13.1. The number of carbonyl (C=O) groups is 1. The van der Waals surface area contributed by atoms with Crippen LogP contribution in [0.25, 0.3) is 0 Å². The molecule has 0 saturated carbocycles. The van der Waals surface area contributed by atoms with Crippen molar-refractivity contribution in [2.75, 3.05) is 6.61 Å². The minimum Gasteiger partial charge on any atom is -0.740 e. The molecule has 0 rings (SSSR count). The lowest BCUT2D eigenvalue weighted by atomic mass is 10.2. The molecule has 0 aliphatic rings. The van der Waals surface area contributed by atoms with Crippen LogP contribution in [0.1, 0.15) is 20.8 Å². The third kappa shape index (κ3) is 3.65. The van der Waals surface area contributed by atoms with Gasteiger partial charge in [0, 0.05) is 5.12 Å². The highest BCUT2D eigenvalue weighted by atomic mass is 32.1. The lowest BCUT2D eigenvalue weighted by Gasteiger charge is -2.36. The smallest absolute Gasteiger partial charge is 0.192 e. The van der Waals surface area contributed by atoms with Crippen LogP contribution < -0.4 is 0 Å². The van der Waals surface area contributed by atoms with Gasteiger partial charge in [0.15, 0.2) is 8.32 Å². The van der Waals surface area contributed by atoms with Gasteiger partial charge in [0.05, 0.1) is 6.61 Å². The Hall–Kier alpha value is 0.0669. The molecule has 0 N–H and O–H groups in total. The molecule has 0 atom stereocenters. The maximum absolute atomic E-state index is 10.5. The van der Waals surface area contributed by atoms with Gasteiger partial charge in [-0.2, -0.15) is 0 Å². The largest absolute Gasteiger partial charge is 0.740 e. The molecule has 12 heavy (non-hydrogen) atoms. The Balaban J connectivity index is 4.14. The fraction of sp³-hybridized carbons (Fsp3) is 0.875. The van der Waals surface area contributed by atoms with E-state index < -0.39 is 8.32 Å². The second-order valence-electron chi connectivity index (χ2n) is 4.42. The zero-order chi connectivity index (χ0) is 9.99. The predicted molar refractivity (Wildman–Crippen MR) is 55.5 cm³/mol. The molecule has 0 aromatic rings. The Morgan fingerprint density at radius 1 is 1.42 bits per heavy atom. The monoisotopic (exact) mass is 205 g/mol. The van der Waals surface area contributed by atoms with Crippen molar-refractivity contribution in [1.29, 1.82) is 0 Å². The van der Waals surface area contributed by atoms with Crippen LogP contribution in [0, 0.1) is 0 Å². The van der Waals surface area contributed by atoms with Crippen LogP contribution in [-0.4, -0.2) is 20.0 Å². The van der Waals surface area contributed by atoms with Crippen LogP contribution in [0.5, 0.6) is 0 Å². The fourth-order valence-corrected chi connectivity index (χ4v) is 1.54. The van der Waals surface area contributed by atoms with Crippen LogP contribution in [-0.2, 0) is 21.8 Å². The van der Waals surface area contributed by atoms with E-state index in [4.69, 9.17) is 4.43 Å². The summed E-state index contributed by atoms with van der Waals surface area (Å²) in [6.45, 7) is 10.7. The van der Waals surface area contributed by atoms with Crippen LogP contribution in [0.4, 0.5) is 0 Å². The summed E-state index contributed by atoms with van der Waals surface area (Å²) >= 11 is 4.43. The Kier molecular flexibility index (Phi) is 3.87. The van der Waals surface area contributed by atoms with E-state index in [2.05, 4.69) is 46.5 Å². The summed E-state index contributed by atoms with van der Waals surface area (Å²) in [7, 11) is -1.76. The van der Waals surface area contributed by atoms with Crippen molar-refractivity contribution in [3.8, 4) is 0 Å². The summed E-state index contributed by atoms with van der Waals surface area (Å²) in [6.07, 6.45) is 0. The van der Waals surface area contributed by atoms with E-state index >= 15 is 0 Å². The summed E-state index contributed by atoms with van der Waals surface area (Å²) in [5.74, 6) is 0. The van der Waals surface area contributed by atoms with Crippen LogP contribution >= 0.6 is 0 Å². The zero-order valence-electron chi connectivity index (χ0n) is 8.43. The summed E-state index contributed by atoms with van der Waals surface area (Å²) in [5.41, 5.74) is 0. The van der Waals surface area contributed by atoms with E-state index in [1.54, 1.807) is 0 Å². The highest BCUT2D eigenvalue weighted by molar-refractivity contribution is 7.77. The molecule has 0 bridgehead atoms. The SMILES string of the molecule is CC(C)(C)[Si](C)(C)OCC(=O)[S-]. The number of carbonyl (C=O) groups excluding carboxylic acids is 1. The lowest BCUT2D eigenvalue weighted by molar-refractivity contribution is -0.112. The number of rotatable bonds is 3. The van der Waals surface area contributed by atoms with Gasteiger partial charge in [-0.1, -0.05) is 20.8 Å². The molecule has 0 aliphatic carbocycles. The summed E-state index contributed by atoms with van der Waals surface area (Å²) in [6, 6.07) is 0. The van der Waals surface area contributed by atoms with E-state index in [1.807, 2.05) is 0 Å². The average Bonchev–Trinajstić information content (AvgIpc) is 1.81. The minimum atomic E-state index is -1.76. The Morgan fingerprint density at radius 3 is 2.08 bits per heavy atom. The third-order valence-corrected chi connectivity index (χ3v) is 6.95. The van der Waals surface area contributed by atoms with E-state index in [-0.39, 0.29) is 16.8 Å².